The van der Waals surface area contributed by atoms with Crippen molar-refractivity contribution in [3.05, 3.63) is 29.5 Å². The van der Waals surface area contributed by atoms with Gasteiger partial charge < -0.3 is 14.7 Å². The molecule has 0 amide bonds. The van der Waals surface area contributed by atoms with Crippen LogP contribution in [-0.4, -0.2) is 16.0 Å². The quantitative estimate of drug-likeness (QED) is 0.427. The lowest BCUT2D eigenvalue weighted by Crippen LogP contribution is -1.94. The first-order chi connectivity index (χ1) is 7.13. The summed E-state index contributed by atoms with van der Waals surface area (Å²) in [6, 6.07) is 3.27. The van der Waals surface area contributed by atoms with Crippen LogP contribution in [0.15, 0.2) is 28.0 Å². The molecule has 0 bridgehead atoms. The van der Waals surface area contributed by atoms with E-state index in [0.717, 1.165) is 10.9 Å². The zero-order valence-corrected chi connectivity index (χ0v) is 8.48. The lowest BCUT2D eigenvalue weighted by atomic mass is 10.1. The minimum Gasteiger partial charge on any atom is -0.507 e. The fourth-order valence-corrected chi connectivity index (χ4v) is 1.53. The summed E-state index contributed by atoms with van der Waals surface area (Å²) < 4.78 is 5.24. The zero-order chi connectivity index (χ0) is 11.0. The predicted octanol–water partition coefficient (Wildman–Crippen LogP) is 2.65. The lowest BCUT2D eigenvalue weighted by molar-refractivity contribution is 0.318. The van der Waals surface area contributed by atoms with Crippen LogP contribution >= 0.6 is 0 Å². The number of rotatable bonds is 1. The third-order valence-corrected chi connectivity index (χ3v) is 2.43. The van der Waals surface area contributed by atoms with Gasteiger partial charge in [-0.05, 0) is 25.5 Å². The zero-order valence-electron chi connectivity index (χ0n) is 8.48. The molecule has 0 aliphatic carbocycles. The largest absolute Gasteiger partial charge is 0.507 e. The molecule has 0 saturated heterocycles. The van der Waals surface area contributed by atoms with Crippen molar-refractivity contribution in [3.63, 3.8) is 0 Å². The molecule has 4 heteroatoms. The normalized spacial score (nSPS) is 12.3. The van der Waals surface area contributed by atoms with Crippen LogP contribution in [0.3, 0.4) is 0 Å². The van der Waals surface area contributed by atoms with Crippen LogP contribution in [0.1, 0.15) is 18.1 Å². The van der Waals surface area contributed by atoms with Crippen LogP contribution in [0.2, 0.25) is 0 Å². The monoisotopic (exact) mass is 205 g/mol. The summed E-state index contributed by atoms with van der Waals surface area (Å²) in [6.45, 7) is 3.54. The Balaban J connectivity index is 2.75. The number of aromatic hydroxyl groups is 1. The smallest absolute Gasteiger partial charge is 0.137 e. The van der Waals surface area contributed by atoms with Crippen molar-refractivity contribution in [2.75, 3.05) is 0 Å². The number of hydrogen-bond donors (Lipinski definition) is 2. The Morgan fingerprint density at radius 1 is 1.40 bits per heavy atom. The third kappa shape index (κ3) is 1.44. The average Bonchev–Trinajstić information content (AvgIpc) is 2.58. The molecule has 1 heterocycles. The van der Waals surface area contributed by atoms with Crippen LogP contribution in [0.4, 0.5) is 0 Å². The highest BCUT2D eigenvalue weighted by Crippen LogP contribution is 2.28. The Morgan fingerprint density at radius 3 is 2.80 bits per heavy atom. The minimum atomic E-state index is 0.0483. The Labute approximate surface area is 86.4 Å². The van der Waals surface area contributed by atoms with Crippen LogP contribution in [-0.2, 0) is 0 Å². The number of phenolic OH excluding ortho intramolecular Hbond substituents is 1. The third-order valence-electron chi connectivity index (χ3n) is 2.43. The van der Waals surface area contributed by atoms with Crippen LogP contribution < -0.4 is 0 Å². The molecule has 1 aromatic heterocycles. The first-order valence-electron chi connectivity index (χ1n) is 4.53. The summed E-state index contributed by atoms with van der Waals surface area (Å²) in [5.41, 5.74) is 2.49. The first kappa shape index (κ1) is 9.58. The molecule has 2 aromatic rings. The number of nitrogens with zero attached hydrogens (tertiary/aromatic N) is 1. The van der Waals surface area contributed by atoms with E-state index in [0.29, 0.717) is 16.9 Å². The van der Waals surface area contributed by atoms with Crippen molar-refractivity contribution in [3.8, 4) is 5.75 Å². The number of fused-ring (bicyclic) bond motifs is 1. The van der Waals surface area contributed by atoms with E-state index in [-0.39, 0.29) is 5.75 Å². The maximum atomic E-state index is 9.67. The molecule has 2 N–H and O–H groups in total. The van der Waals surface area contributed by atoms with E-state index in [9.17, 15) is 5.11 Å². The maximum Gasteiger partial charge on any atom is 0.137 e. The summed E-state index contributed by atoms with van der Waals surface area (Å²) in [5.74, 6) is 0.0483. The summed E-state index contributed by atoms with van der Waals surface area (Å²) in [4.78, 5) is 0. The van der Waals surface area contributed by atoms with E-state index < -0.39 is 0 Å². The second kappa shape index (κ2) is 3.31. The molecule has 0 saturated carbocycles. The van der Waals surface area contributed by atoms with Crippen molar-refractivity contribution in [2.45, 2.75) is 13.8 Å². The Bertz CT molecular complexity index is 540. The topological polar surface area (TPSA) is 66.0 Å². The van der Waals surface area contributed by atoms with Gasteiger partial charge in [0.1, 0.15) is 11.3 Å². The van der Waals surface area contributed by atoms with Gasteiger partial charge in [-0.25, -0.2) is 0 Å². The van der Waals surface area contributed by atoms with Gasteiger partial charge in [-0.2, -0.15) is 0 Å². The molecule has 0 radical (unpaired) electrons. The molecule has 0 aliphatic rings. The predicted molar refractivity (Wildman–Crippen MR) is 56.6 cm³/mol. The van der Waals surface area contributed by atoms with Crippen molar-refractivity contribution < 1.29 is 14.7 Å². The van der Waals surface area contributed by atoms with E-state index in [1.54, 1.807) is 19.3 Å². The van der Waals surface area contributed by atoms with Crippen molar-refractivity contribution in [1.29, 1.82) is 0 Å². The molecule has 4 nitrogen and oxygen atoms in total. The Morgan fingerprint density at radius 2 is 2.13 bits per heavy atom. The van der Waals surface area contributed by atoms with Gasteiger partial charge in [0, 0.05) is 17.0 Å². The summed E-state index contributed by atoms with van der Waals surface area (Å²) >= 11 is 0. The van der Waals surface area contributed by atoms with E-state index in [4.69, 9.17) is 9.62 Å². The average molecular weight is 205 g/mol. The van der Waals surface area contributed by atoms with Gasteiger partial charge in [0.15, 0.2) is 0 Å². The fourth-order valence-electron chi connectivity index (χ4n) is 1.53. The van der Waals surface area contributed by atoms with Crippen LogP contribution in [0, 0.1) is 6.92 Å². The maximum absolute atomic E-state index is 9.67. The standard InChI is InChI=1S/C11H11NO3/c1-6-5-15-11-4-10(13)9(3-8(6)11)7(2)12-14/h3-5,13-14H,1-2H3. The van der Waals surface area contributed by atoms with Gasteiger partial charge in [0.05, 0.1) is 12.0 Å². The van der Waals surface area contributed by atoms with E-state index >= 15 is 0 Å². The highest BCUT2D eigenvalue weighted by atomic mass is 16.4. The SMILES string of the molecule is CC(=NO)c1cc2c(C)coc2cc1O. The van der Waals surface area contributed by atoms with Gasteiger partial charge in [0.2, 0.25) is 0 Å². The van der Waals surface area contributed by atoms with Gasteiger partial charge >= 0.3 is 0 Å². The molecule has 78 valence electrons. The van der Waals surface area contributed by atoms with E-state index in [1.807, 2.05) is 6.92 Å². The van der Waals surface area contributed by atoms with Crippen molar-refractivity contribution in [2.24, 2.45) is 5.16 Å². The molecule has 1 aromatic carbocycles. The van der Waals surface area contributed by atoms with Gasteiger partial charge in [-0.1, -0.05) is 5.16 Å². The van der Waals surface area contributed by atoms with Crippen molar-refractivity contribution >= 4 is 16.7 Å². The lowest BCUT2D eigenvalue weighted by Gasteiger charge is -2.02. The van der Waals surface area contributed by atoms with Gasteiger partial charge in [-0.15, -0.1) is 0 Å². The number of benzene rings is 1. The highest BCUT2D eigenvalue weighted by molar-refractivity contribution is 6.04. The van der Waals surface area contributed by atoms with Crippen molar-refractivity contribution in [1.82, 2.24) is 0 Å². The molecule has 0 spiro atoms. The molecule has 0 aliphatic heterocycles. The number of hydrogen-bond acceptors (Lipinski definition) is 4. The molecular weight excluding hydrogens is 194 g/mol. The Hall–Kier alpha value is -1.97. The number of aryl methyl sites for hydroxylation is 1. The minimum absolute atomic E-state index is 0.0483. The Kier molecular flexibility index (Phi) is 2.11. The molecule has 0 unspecified atom stereocenters. The molecule has 2 rings (SSSR count). The van der Waals surface area contributed by atoms with E-state index in [2.05, 4.69) is 5.16 Å². The number of furan rings is 1. The summed E-state index contributed by atoms with van der Waals surface area (Å²) in [7, 11) is 0. The van der Waals surface area contributed by atoms with E-state index in [1.165, 1.54) is 6.07 Å². The highest BCUT2D eigenvalue weighted by Gasteiger charge is 2.10. The van der Waals surface area contributed by atoms with Gasteiger partial charge in [-0.3, -0.25) is 0 Å². The summed E-state index contributed by atoms with van der Waals surface area (Å²) in [5, 5.41) is 22.3. The number of oxime groups is 1. The van der Waals surface area contributed by atoms with Crippen LogP contribution in [0.25, 0.3) is 11.0 Å². The first-order valence-corrected chi connectivity index (χ1v) is 4.53. The van der Waals surface area contributed by atoms with Crippen LogP contribution in [0.5, 0.6) is 5.75 Å². The van der Waals surface area contributed by atoms with Gasteiger partial charge in [0.25, 0.3) is 0 Å². The molecule has 0 atom stereocenters. The number of phenols is 1. The summed E-state index contributed by atoms with van der Waals surface area (Å²) in [6.07, 6.45) is 1.62. The second-order valence-corrected chi connectivity index (χ2v) is 3.47. The molecule has 0 fully saturated rings. The second-order valence-electron chi connectivity index (χ2n) is 3.47. The fraction of sp³-hybridized carbons (Fsp3) is 0.182. The molecular formula is C11H11NO3. The molecule has 15 heavy (non-hydrogen) atoms.